The molecule has 0 radical (unpaired) electrons. The zero-order valence-corrected chi connectivity index (χ0v) is 10.8. The molecule has 84 valence electrons. The molecule has 0 bridgehead atoms. The lowest BCUT2D eigenvalue weighted by Crippen LogP contribution is -2.38. The minimum atomic E-state index is 0.256. The molecule has 0 fully saturated rings. The number of hydrogen-bond donors (Lipinski definition) is 2. The van der Waals surface area contributed by atoms with Crippen LogP contribution in [0.5, 0.6) is 0 Å². The van der Waals surface area contributed by atoms with Crippen LogP contribution in [-0.2, 0) is 7.05 Å². The predicted octanol–water partition coefficient (Wildman–Crippen LogP) is 1.34. The maximum absolute atomic E-state index is 5.06. The minimum absolute atomic E-state index is 0.256. The summed E-state index contributed by atoms with van der Waals surface area (Å²) in [6, 6.07) is 0. The Balaban J connectivity index is 2.54. The molecule has 0 aliphatic rings. The number of imidazole rings is 1. The molecule has 4 nitrogen and oxygen atoms in total. The number of aryl methyl sites for hydroxylation is 1. The Morgan fingerprint density at radius 2 is 2.47 bits per heavy atom. The van der Waals surface area contributed by atoms with E-state index >= 15 is 0 Å². The molecule has 0 spiro atoms. The molecular weight excluding hydrogens is 228 g/mol. The third-order valence-electron chi connectivity index (χ3n) is 1.91. The molecule has 0 aromatic carbocycles. The molecule has 15 heavy (non-hydrogen) atoms. The van der Waals surface area contributed by atoms with Gasteiger partial charge in [-0.1, -0.05) is 18.7 Å². The summed E-state index contributed by atoms with van der Waals surface area (Å²) >= 11 is 6.74. The van der Waals surface area contributed by atoms with E-state index in [0.29, 0.717) is 5.11 Å². The van der Waals surface area contributed by atoms with Crippen LogP contribution in [0.4, 0.5) is 0 Å². The van der Waals surface area contributed by atoms with Crippen molar-refractivity contribution in [1.29, 1.82) is 0 Å². The molecule has 1 rings (SSSR count). The molecule has 1 aromatic rings. The third kappa shape index (κ3) is 3.71. The second-order valence-electron chi connectivity index (χ2n) is 3.06. The highest BCUT2D eigenvalue weighted by Gasteiger charge is 2.11. The van der Waals surface area contributed by atoms with Crippen LogP contribution in [0.25, 0.3) is 0 Å². The van der Waals surface area contributed by atoms with Crippen molar-refractivity contribution >= 4 is 29.1 Å². The maximum atomic E-state index is 5.06. The van der Waals surface area contributed by atoms with E-state index in [9.17, 15) is 0 Å². The van der Waals surface area contributed by atoms with Crippen LogP contribution in [0.2, 0.25) is 0 Å². The first kappa shape index (κ1) is 12.3. The summed E-state index contributed by atoms with van der Waals surface area (Å²) in [4.78, 5) is 4.26. The monoisotopic (exact) mass is 244 g/mol. The van der Waals surface area contributed by atoms with Crippen molar-refractivity contribution in [2.75, 3.05) is 7.05 Å². The maximum Gasteiger partial charge on any atom is 0.169 e. The lowest BCUT2D eigenvalue weighted by Gasteiger charge is -2.17. The largest absolute Gasteiger partial charge is 0.366 e. The highest BCUT2D eigenvalue weighted by atomic mass is 32.2. The molecule has 1 aromatic heterocycles. The summed E-state index contributed by atoms with van der Waals surface area (Å²) in [5, 5.41) is 8.03. The first-order valence-corrected chi connectivity index (χ1v) is 6.08. The Morgan fingerprint density at radius 3 is 2.93 bits per heavy atom. The summed E-state index contributed by atoms with van der Waals surface area (Å²) in [5.74, 6) is 0. The van der Waals surface area contributed by atoms with Crippen LogP contribution in [0.15, 0.2) is 17.6 Å². The molecule has 0 aliphatic heterocycles. The topological polar surface area (TPSA) is 41.9 Å². The molecule has 6 heteroatoms. The SMILES string of the molecule is CCC(NC(=S)NC)Sc1nccn1C. The van der Waals surface area contributed by atoms with Crippen molar-refractivity contribution < 1.29 is 0 Å². The Labute approximate surface area is 99.8 Å². The van der Waals surface area contributed by atoms with E-state index in [-0.39, 0.29) is 5.37 Å². The van der Waals surface area contributed by atoms with E-state index in [1.165, 1.54) is 0 Å². The highest BCUT2D eigenvalue weighted by molar-refractivity contribution is 7.99. The Kier molecular flexibility index (Phi) is 4.90. The fraction of sp³-hybridized carbons (Fsp3) is 0.556. The number of rotatable bonds is 4. The number of nitrogens with zero attached hydrogens (tertiary/aromatic N) is 2. The number of nitrogens with one attached hydrogen (secondary N) is 2. The number of thiocarbonyl (C=S) groups is 1. The molecule has 1 heterocycles. The predicted molar refractivity (Wildman–Crippen MR) is 67.9 cm³/mol. The van der Waals surface area contributed by atoms with Crippen LogP contribution >= 0.6 is 24.0 Å². The van der Waals surface area contributed by atoms with Gasteiger partial charge in [-0.05, 0) is 18.6 Å². The van der Waals surface area contributed by atoms with Crippen molar-refractivity contribution in [1.82, 2.24) is 20.2 Å². The van der Waals surface area contributed by atoms with Gasteiger partial charge < -0.3 is 15.2 Å². The van der Waals surface area contributed by atoms with Gasteiger partial charge in [0.15, 0.2) is 10.3 Å². The molecule has 0 saturated carbocycles. The summed E-state index contributed by atoms with van der Waals surface area (Å²) in [5.41, 5.74) is 0. The lowest BCUT2D eigenvalue weighted by atomic mass is 10.5. The van der Waals surface area contributed by atoms with Gasteiger partial charge in [0.25, 0.3) is 0 Å². The van der Waals surface area contributed by atoms with Gasteiger partial charge in [-0.25, -0.2) is 4.98 Å². The van der Waals surface area contributed by atoms with E-state index in [1.54, 1.807) is 18.0 Å². The fourth-order valence-electron chi connectivity index (χ4n) is 1.03. The van der Waals surface area contributed by atoms with Gasteiger partial charge in [-0.2, -0.15) is 0 Å². The summed E-state index contributed by atoms with van der Waals surface area (Å²) < 4.78 is 2.00. The zero-order valence-electron chi connectivity index (χ0n) is 9.15. The molecule has 0 amide bonds. The molecule has 1 unspecified atom stereocenters. The molecule has 0 saturated heterocycles. The summed E-state index contributed by atoms with van der Waals surface area (Å²) in [7, 11) is 3.80. The van der Waals surface area contributed by atoms with Crippen molar-refractivity contribution in [3.63, 3.8) is 0 Å². The second kappa shape index (κ2) is 5.97. The molecule has 0 aliphatic carbocycles. The minimum Gasteiger partial charge on any atom is -0.366 e. The third-order valence-corrected chi connectivity index (χ3v) is 3.58. The van der Waals surface area contributed by atoms with Gasteiger partial charge >= 0.3 is 0 Å². The van der Waals surface area contributed by atoms with Crippen LogP contribution in [0.3, 0.4) is 0 Å². The van der Waals surface area contributed by atoms with Gasteiger partial charge in [-0.3, -0.25) is 0 Å². The molecular formula is C9H16N4S2. The molecule has 1 atom stereocenters. The second-order valence-corrected chi connectivity index (χ2v) is 4.64. The first-order valence-electron chi connectivity index (χ1n) is 4.79. The Morgan fingerprint density at radius 1 is 1.73 bits per heavy atom. The van der Waals surface area contributed by atoms with E-state index in [2.05, 4.69) is 22.5 Å². The van der Waals surface area contributed by atoms with Crippen molar-refractivity contribution in [2.24, 2.45) is 7.05 Å². The van der Waals surface area contributed by atoms with Crippen molar-refractivity contribution in [3.05, 3.63) is 12.4 Å². The van der Waals surface area contributed by atoms with Crippen LogP contribution in [-0.4, -0.2) is 27.1 Å². The number of aromatic nitrogens is 2. The Bertz CT molecular complexity index is 324. The van der Waals surface area contributed by atoms with E-state index < -0.39 is 0 Å². The smallest absolute Gasteiger partial charge is 0.169 e. The average molecular weight is 244 g/mol. The lowest BCUT2D eigenvalue weighted by molar-refractivity contribution is 0.745. The van der Waals surface area contributed by atoms with Crippen LogP contribution in [0, 0.1) is 0 Å². The standard InChI is InChI=1S/C9H16N4S2/c1-4-7(12-8(14)10-2)15-9-11-5-6-13(9)3/h5-7H,4H2,1-3H3,(H2,10,12,14). The van der Waals surface area contributed by atoms with E-state index in [0.717, 1.165) is 11.6 Å². The van der Waals surface area contributed by atoms with Gasteiger partial charge in [-0.15, -0.1) is 0 Å². The van der Waals surface area contributed by atoms with Crippen LogP contribution < -0.4 is 10.6 Å². The fourth-order valence-corrected chi connectivity index (χ4v) is 2.19. The number of hydrogen-bond acceptors (Lipinski definition) is 3. The van der Waals surface area contributed by atoms with Gasteiger partial charge in [0.1, 0.15) is 0 Å². The van der Waals surface area contributed by atoms with E-state index in [1.807, 2.05) is 24.9 Å². The van der Waals surface area contributed by atoms with E-state index in [4.69, 9.17) is 12.2 Å². The van der Waals surface area contributed by atoms with Gasteiger partial charge in [0.2, 0.25) is 0 Å². The zero-order chi connectivity index (χ0) is 11.3. The first-order chi connectivity index (χ1) is 7.17. The van der Waals surface area contributed by atoms with Gasteiger partial charge in [0, 0.05) is 26.5 Å². The van der Waals surface area contributed by atoms with Gasteiger partial charge in [0.05, 0.1) is 5.37 Å². The van der Waals surface area contributed by atoms with Crippen molar-refractivity contribution in [3.8, 4) is 0 Å². The quantitative estimate of drug-likeness (QED) is 0.475. The number of thioether (sulfide) groups is 1. The highest BCUT2D eigenvalue weighted by Crippen LogP contribution is 2.21. The molecule has 2 N–H and O–H groups in total. The summed E-state index contributed by atoms with van der Waals surface area (Å²) in [6.45, 7) is 2.12. The van der Waals surface area contributed by atoms with Crippen molar-refractivity contribution in [2.45, 2.75) is 23.9 Å². The summed E-state index contributed by atoms with van der Waals surface area (Å²) in [6.07, 6.45) is 4.72. The van der Waals surface area contributed by atoms with Crippen LogP contribution in [0.1, 0.15) is 13.3 Å². The normalized spacial score (nSPS) is 12.2. The Hall–Kier alpha value is -0.750. The average Bonchev–Trinajstić information content (AvgIpc) is 2.63.